The van der Waals surface area contributed by atoms with Crippen LogP contribution in [0, 0.1) is 12.1 Å². The molecule has 0 saturated carbocycles. The second-order valence-electron chi connectivity index (χ2n) is 11.8. The zero-order valence-corrected chi connectivity index (χ0v) is 28.7. The molecule has 0 aliphatic carbocycles. The first-order valence-electron chi connectivity index (χ1n) is 14.7. The van der Waals surface area contributed by atoms with Crippen LogP contribution in [-0.2, 0) is 20.1 Å². The summed E-state index contributed by atoms with van der Waals surface area (Å²) in [5.41, 5.74) is 8.11. The van der Waals surface area contributed by atoms with Crippen molar-refractivity contribution in [1.29, 1.82) is 0 Å². The number of pyridine rings is 2. The molecule has 0 saturated heterocycles. The Morgan fingerprint density at radius 1 is 0.682 bits per heavy atom. The van der Waals surface area contributed by atoms with Crippen molar-refractivity contribution < 1.29 is 24.5 Å². The van der Waals surface area contributed by atoms with Crippen LogP contribution in [0.1, 0.15) is 24.0 Å². The normalized spacial score (nSPS) is 11.8. The summed E-state index contributed by atoms with van der Waals surface area (Å²) in [6.45, 7) is 9.22. The molecule has 3 aromatic heterocycles. The van der Waals surface area contributed by atoms with Crippen LogP contribution < -0.4 is 5.19 Å². The Morgan fingerprint density at radius 3 is 2.18 bits per heavy atom. The average molecular weight is 767 g/mol. The fourth-order valence-corrected chi connectivity index (χ4v) is 6.25. The largest absolute Gasteiger partial charge is 0.501 e. The third-order valence-corrected chi connectivity index (χ3v) is 9.82. The Labute approximate surface area is 274 Å². The van der Waals surface area contributed by atoms with E-state index in [1.165, 1.54) is 16.3 Å². The van der Waals surface area contributed by atoms with Gasteiger partial charge in [-0.15, -0.1) is 54.1 Å². The van der Waals surface area contributed by atoms with E-state index in [1.54, 1.807) is 0 Å². The number of rotatable bonds is 5. The van der Waals surface area contributed by atoms with Crippen LogP contribution in [0.4, 0.5) is 0 Å². The summed E-state index contributed by atoms with van der Waals surface area (Å²) in [5, 5.41) is 3.62. The maximum Gasteiger partial charge on any atom is 0.120 e. The maximum absolute atomic E-state index is 6.15. The van der Waals surface area contributed by atoms with E-state index in [4.69, 9.17) is 4.42 Å². The molecular formula is C39H34IrN2OSi-2. The van der Waals surface area contributed by atoms with Gasteiger partial charge in [0, 0.05) is 43.8 Å². The third-order valence-electron chi connectivity index (χ3n) is 7.79. The topological polar surface area (TPSA) is 38.9 Å². The van der Waals surface area contributed by atoms with Crippen LogP contribution in [0.5, 0.6) is 0 Å². The predicted molar refractivity (Wildman–Crippen MR) is 181 cm³/mol. The number of fused-ring (bicyclic) bond motifs is 3. The molecule has 0 amide bonds. The van der Waals surface area contributed by atoms with E-state index in [9.17, 15) is 0 Å². The van der Waals surface area contributed by atoms with Gasteiger partial charge in [0.1, 0.15) is 5.58 Å². The summed E-state index contributed by atoms with van der Waals surface area (Å²) < 4.78 is 6.15. The van der Waals surface area contributed by atoms with Crippen molar-refractivity contribution >= 4 is 35.2 Å². The van der Waals surface area contributed by atoms with Gasteiger partial charge in [-0.1, -0.05) is 104 Å². The quantitative estimate of drug-likeness (QED) is 0.129. The molecule has 1 atom stereocenters. The third kappa shape index (κ3) is 6.81. The van der Waals surface area contributed by atoms with E-state index in [0.29, 0.717) is 5.92 Å². The Bertz CT molecular complexity index is 1960. The van der Waals surface area contributed by atoms with Crippen LogP contribution >= 0.6 is 0 Å². The van der Waals surface area contributed by atoms with Gasteiger partial charge < -0.3 is 14.4 Å². The Morgan fingerprint density at radius 2 is 1.45 bits per heavy atom. The molecular weight excluding hydrogens is 733 g/mol. The molecule has 0 spiro atoms. The van der Waals surface area contributed by atoms with Crippen LogP contribution in [0.3, 0.4) is 0 Å². The Hall–Kier alpha value is -4.15. The molecule has 1 radical (unpaired) electrons. The minimum atomic E-state index is -1.23. The van der Waals surface area contributed by atoms with Gasteiger partial charge in [0.25, 0.3) is 0 Å². The van der Waals surface area contributed by atoms with Crippen molar-refractivity contribution in [3.05, 3.63) is 151 Å². The number of hydrogen-bond donors (Lipinski definition) is 0. The van der Waals surface area contributed by atoms with Crippen molar-refractivity contribution in [2.75, 3.05) is 0 Å². The predicted octanol–water partition coefficient (Wildman–Crippen LogP) is 9.69. The number of furan rings is 1. The van der Waals surface area contributed by atoms with Crippen molar-refractivity contribution in [2.45, 2.75) is 32.5 Å². The van der Waals surface area contributed by atoms with Crippen LogP contribution in [0.25, 0.3) is 44.5 Å². The summed E-state index contributed by atoms with van der Waals surface area (Å²) in [6.07, 6.45) is 3.89. The van der Waals surface area contributed by atoms with Gasteiger partial charge in [0.05, 0.1) is 13.7 Å². The zero-order chi connectivity index (χ0) is 29.8. The molecule has 0 bridgehead atoms. The van der Waals surface area contributed by atoms with Crippen molar-refractivity contribution in [3.8, 4) is 22.5 Å². The summed E-state index contributed by atoms with van der Waals surface area (Å²) >= 11 is 0. The number of benzene rings is 4. The van der Waals surface area contributed by atoms with Crippen molar-refractivity contribution in [2.24, 2.45) is 0 Å². The first-order chi connectivity index (χ1) is 20.9. The standard InChI is InChI=1S/C25H18NO.C14H16NSi.Ir/c1-17(18-8-3-2-4-9-18)19-14-15-26-23(16-19)22-12-7-11-21-20-10-5-6-13-24(20)27-25(21)22;1-16(2,3)13-9-10-14(15-11-13)12-7-5-4-6-8-12;/h2-11,13-17H,1H3;4-7,9-11H,1-3H3;/q2*-1;. The summed E-state index contributed by atoms with van der Waals surface area (Å²) in [6, 6.07) is 45.7. The molecule has 0 N–H and O–H groups in total. The molecule has 0 aliphatic heterocycles. The molecule has 221 valence electrons. The smallest absolute Gasteiger partial charge is 0.120 e. The maximum atomic E-state index is 6.15. The van der Waals surface area contributed by atoms with E-state index >= 15 is 0 Å². The average Bonchev–Trinajstić information content (AvgIpc) is 3.44. The summed E-state index contributed by atoms with van der Waals surface area (Å²) in [7, 11) is -1.23. The molecule has 7 aromatic rings. The second-order valence-corrected chi connectivity index (χ2v) is 16.8. The van der Waals surface area contributed by atoms with E-state index in [-0.39, 0.29) is 20.1 Å². The fraction of sp³-hybridized carbons (Fsp3) is 0.128. The van der Waals surface area contributed by atoms with Crippen LogP contribution in [0.15, 0.2) is 132 Å². The van der Waals surface area contributed by atoms with Gasteiger partial charge in [-0.3, -0.25) is 0 Å². The van der Waals surface area contributed by atoms with Gasteiger partial charge >= 0.3 is 0 Å². The van der Waals surface area contributed by atoms with Crippen molar-refractivity contribution in [1.82, 2.24) is 9.97 Å². The monoisotopic (exact) mass is 767 g/mol. The van der Waals surface area contributed by atoms with Crippen LogP contribution in [-0.4, -0.2) is 18.0 Å². The molecule has 0 aliphatic rings. The van der Waals surface area contributed by atoms with Gasteiger partial charge in [0.2, 0.25) is 0 Å². The molecule has 44 heavy (non-hydrogen) atoms. The first-order valence-corrected chi connectivity index (χ1v) is 18.2. The molecule has 0 fully saturated rings. The van der Waals surface area contributed by atoms with Gasteiger partial charge in [-0.05, 0) is 39.8 Å². The van der Waals surface area contributed by atoms with Gasteiger partial charge in [0.15, 0.2) is 0 Å². The Balaban J connectivity index is 0.000000194. The van der Waals surface area contributed by atoms with E-state index in [0.717, 1.165) is 44.5 Å². The van der Waals surface area contributed by atoms with Crippen molar-refractivity contribution in [3.63, 3.8) is 0 Å². The molecule has 1 unspecified atom stereocenters. The number of nitrogens with zero attached hydrogens (tertiary/aromatic N) is 2. The molecule has 3 nitrogen and oxygen atoms in total. The molecule has 3 heterocycles. The van der Waals surface area contributed by atoms with E-state index in [1.807, 2.05) is 67.0 Å². The second kappa shape index (κ2) is 13.6. The van der Waals surface area contributed by atoms with Gasteiger partial charge in [-0.25, -0.2) is 0 Å². The molecule has 4 aromatic carbocycles. The van der Waals surface area contributed by atoms with E-state index < -0.39 is 8.07 Å². The Kier molecular flexibility index (Phi) is 9.70. The zero-order valence-electron chi connectivity index (χ0n) is 25.3. The SMILES string of the molecule is CC(c1ccccc1)c1ccnc(-c2[c-]ccc3c2oc2ccccc23)c1.C[Si](C)(C)c1ccc(-c2[c-]cccc2)nc1.[Ir]. The minimum Gasteiger partial charge on any atom is -0.501 e. The number of para-hydroxylation sites is 1. The van der Waals surface area contributed by atoms with E-state index in [2.05, 4.69) is 109 Å². The molecule has 5 heteroatoms. The van der Waals surface area contributed by atoms with Crippen LogP contribution in [0.2, 0.25) is 19.6 Å². The number of hydrogen-bond acceptors (Lipinski definition) is 3. The minimum absolute atomic E-state index is 0. The number of aromatic nitrogens is 2. The first kappa shape index (κ1) is 31.3. The fourth-order valence-electron chi connectivity index (χ4n) is 5.22. The van der Waals surface area contributed by atoms with Gasteiger partial charge in [-0.2, -0.15) is 0 Å². The molecule has 7 rings (SSSR count). The summed E-state index contributed by atoms with van der Waals surface area (Å²) in [5.74, 6) is 0.294. The summed E-state index contributed by atoms with van der Waals surface area (Å²) in [4.78, 5) is 9.13.